The van der Waals surface area contributed by atoms with E-state index in [-0.39, 0.29) is 23.7 Å². The molecule has 0 saturated carbocycles. The van der Waals surface area contributed by atoms with Crippen molar-refractivity contribution < 1.29 is 22.9 Å². The van der Waals surface area contributed by atoms with Crippen molar-refractivity contribution in [2.45, 2.75) is 25.7 Å². The van der Waals surface area contributed by atoms with Crippen LogP contribution in [0.2, 0.25) is 5.02 Å². The van der Waals surface area contributed by atoms with Crippen molar-refractivity contribution in [2.75, 3.05) is 0 Å². The van der Waals surface area contributed by atoms with Gasteiger partial charge in [0.05, 0.1) is 24.1 Å². The van der Waals surface area contributed by atoms with E-state index >= 15 is 0 Å². The molecule has 0 aliphatic rings. The van der Waals surface area contributed by atoms with Crippen LogP contribution in [0.25, 0.3) is 0 Å². The Hall–Kier alpha value is -2.96. The zero-order valence-corrected chi connectivity index (χ0v) is 13.6. The van der Waals surface area contributed by atoms with Crippen LogP contribution >= 0.6 is 11.6 Å². The third-order valence-electron chi connectivity index (χ3n) is 2.83. The summed E-state index contributed by atoms with van der Waals surface area (Å²) < 4.78 is 38.4. The molecule has 0 bridgehead atoms. The number of hydrogen-bond acceptors (Lipinski definition) is 6. The Bertz CT molecular complexity index is 830. The molecule has 10 nitrogen and oxygen atoms in total. The zero-order valence-electron chi connectivity index (χ0n) is 12.9. The van der Waals surface area contributed by atoms with Gasteiger partial charge in [0.15, 0.2) is 5.02 Å². The van der Waals surface area contributed by atoms with Crippen molar-refractivity contribution in [3.05, 3.63) is 39.3 Å². The van der Waals surface area contributed by atoms with Crippen molar-refractivity contribution in [1.82, 2.24) is 25.0 Å². The van der Waals surface area contributed by atoms with Gasteiger partial charge in [0.1, 0.15) is 12.2 Å². The van der Waals surface area contributed by atoms with E-state index in [9.17, 15) is 28.1 Å². The summed E-state index contributed by atoms with van der Waals surface area (Å²) in [6.07, 6.45) is -1.07. The largest absolute Gasteiger partial charge is 0.408 e. The van der Waals surface area contributed by atoms with Crippen molar-refractivity contribution in [3.63, 3.8) is 0 Å². The standard InChI is InChI=1S/C12H11ClF3N7O3/c13-9-6-21(20-11(9)23(25)26)4-2-10(24)18-17-5-8-1-3-22(19-8)7-12(14,15)16/h1,3,5-6H,2,4,7H2,(H,18,24)/b17-5+. The molecule has 2 aromatic rings. The number of carbonyl (C=O) groups is 1. The number of nitrogens with zero attached hydrogens (tertiary/aromatic N) is 6. The van der Waals surface area contributed by atoms with Crippen LogP contribution in [0, 0.1) is 10.1 Å². The van der Waals surface area contributed by atoms with Gasteiger partial charge in [0.2, 0.25) is 5.91 Å². The number of hydrogen-bond donors (Lipinski definition) is 1. The molecule has 0 saturated heterocycles. The first-order chi connectivity index (χ1) is 12.1. The van der Waals surface area contributed by atoms with E-state index in [1.807, 2.05) is 0 Å². The van der Waals surface area contributed by atoms with E-state index in [2.05, 4.69) is 20.7 Å². The number of rotatable bonds is 7. The number of nitro groups is 1. The third kappa shape index (κ3) is 5.84. The summed E-state index contributed by atoms with van der Waals surface area (Å²) in [6.45, 7) is -1.21. The molecule has 26 heavy (non-hydrogen) atoms. The molecule has 0 unspecified atom stereocenters. The highest BCUT2D eigenvalue weighted by Gasteiger charge is 2.28. The highest BCUT2D eigenvalue weighted by atomic mass is 35.5. The molecule has 14 heteroatoms. The summed E-state index contributed by atoms with van der Waals surface area (Å²) in [4.78, 5) is 21.5. The molecule has 2 heterocycles. The Morgan fingerprint density at radius 1 is 1.42 bits per heavy atom. The number of hydrazone groups is 1. The van der Waals surface area contributed by atoms with Gasteiger partial charge in [-0.3, -0.25) is 9.48 Å². The summed E-state index contributed by atoms with van der Waals surface area (Å²) >= 11 is 5.62. The smallest absolute Gasteiger partial charge is 0.358 e. The Morgan fingerprint density at radius 2 is 2.15 bits per heavy atom. The Labute approximate surface area is 148 Å². The molecular weight excluding hydrogens is 383 g/mol. The zero-order chi connectivity index (χ0) is 19.3. The monoisotopic (exact) mass is 393 g/mol. The van der Waals surface area contributed by atoms with E-state index in [0.29, 0.717) is 4.68 Å². The summed E-state index contributed by atoms with van der Waals surface area (Å²) in [5, 5.41) is 21.2. The molecule has 0 aliphatic heterocycles. The minimum absolute atomic E-state index is 0.0229. The quantitative estimate of drug-likeness (QED) is 0.436. The van der Waals surface area contributed by atoms with Gasteiger partial charge < -0.3 is 10.1 Å². The van der Waals surface area contributed by atoms with E-state index in [1.165, 1.54) is 12.3 Å². The lowest BCUT2D eigenvalue weighted by atomic mass is 10.4. The highest BCUT2D eigenvalue weighted by molar-refractivity contribution is 6.32. The van der Waals surface area contributed by atoms with Gasteiger partial charge in [-0.1, -0.05) is 11.6 Å². The van der Waals surface area contributed by atoms with E-state index < -0.39 is 29.4 Å². The topological polar surface area (TPSA) is 120 Å². The second-order valence-corrected chi connectivity index (χ2v) is 5.32. The highest BCUT2D eigenvalue weighted by Crippen LogP contribution is 2.21. The molecule has 0 radical (unpaired) electrons. The average Bonchev–Trinajstić information content (AvgIpc) is 3.10. The molecule has 0 atom stereocenters. The van der Waals surface area contributed by atoms with Crippen molar-refractivity contribution >= 4 is 29.5 Å². The molecule has 0 spiro atoms. The molecule has 2 aromatic heterocycles. The fourth-order valence-corrected chi connectivity index (χ4v) is 2.00. The average molecular weight is 394 g/mol. The summed E-state index contributed by atoms with van der Waals surface area (Å²) in [5.41, 5.74) is 2.28. The minimum Gasteiger partial charge on any atom is -0.358 e. The molecule has 140 valence electrons. The van der Waals surface area contributed by atoms with Crippen LogP contribution in [0.5, 0.6) is 0 Å². The second kappa shape index (κ2) is 7.95. The van der Waals surface area contributed by atoms with Gasteiger partial charge in [-0.15, -0.1) is 0 Å². The van der Waals surface area contributed by atoms with Crippen molar-refractivity contribution in [2.24, 2.45) is 5.10 Å². The lowest BCUT2D eigenvalue weighted by Gasteiger charge is -2.04. The maximum Gasteiger partial charge on any atom is 0.408 e. The molecule has 2 rings (SSSR count). The summed E-state index contributed by atoms with van der Waals surface area (Å²) in [6, 6.07) is 1.30. The SMILES string of the molecule is O=C(CCn1cc(Cl)c([N+](=O)[O-])n1)N/N=C/c1ccn(CC(F)(F)F)n1. The molecule has 1 amide bonds. The number of halogens is 4. The van der Waals surface area contributed by atoms with E-state index in [0.717, 1.165) is 17.1 Å². The van der Waals surface area contributed by atoms with Crippen LogP contribution in [0.4, 0.5) is 19.0 Å². The predicted molar refractivity (Wildman–Crippen MR) is 82.5 cm³/mol. The minimum atomic E-state index is -4.39. The number of aromatic nitrogens is 4. The Kier molecular flexibility index (Phi) is 5.92. The molecule has 0 aromatic carbocycles. The normalized spacial score (nSPS) is 11.8. The summed E-state index contributed by atoms with van der Waals surface area (Å²) in [7, 11) is 0. The van der Waals surface area contributed by atoms with Gasteiger partial charge in [-0.2, -0.15) is 28.1 Å². The van der Waals surface area contributed by atoms with Crippen molar-refractivity contribution in [1.29, 1.82) is 0 Å². The van der Waals surface area contributed by atoms with Crippen LogP contribution in [0.1, 0.15) is 12.1 Å². The number of carbonyl (C=O) groups excluding carboxylic acids is 1. The molecule has 0 aliphatic carbocycles. The van der Waals surface area contributed by atoms with Crippen LogP contribution in [0.3, 0.4) is 0 Å². The summed E-state index contributed by atoms with van der Waals surface area (Å²) in [5.74, 6) is -1.05. The fourth-order valence-electron chi connectivity index (χ4n) is 1.79. The first-order valence-electron chi connectivity index (χ1n) is 6.93. The molecular formula is C12H11ClF3N7O3. The Morgan fingerprint density at radius 3 is 2.77 bits per heavy atom. The molecule has 0 fully saturated rings. The second-order valence-electron chi connectivity index (χ2n) is 4.92. The van der Waals surface area contributed by atoms with Gasteiger partial charge in [0, 0.05) is 12.6 Å². The fraction of sp³-hybridized carbons (Fsp3) is 0.333. The first-order valence-corrected chi connectivity index (χ1v) is 7.31. The number of alkyl halides is 3. The van der Waals surface area contributed by atoms with Crippen LogP contribution in [-0.2, 0) is 17.9 Å². The lowest BCUT2D eigenvalue weighted by molar-refractivity contribution is -0.389. The van der Waals surface area contributed by atoms with Gasteiger partial charge in [-0.05, 0) is 11.0 Å². The maximum absolute atomic E-state index is 12.2. The lowest BCUT2D eigenvalue weighted by Crippen LogP contribution is -2.20. The number of amides is 1. The first kappa shape index (κ1) is 19.4. The van der Waals surface area contributed by atoms with Gasteiger partial charge in [-0.25, -0.2) is 5.43 Å². The van der Waals surface area contributed by atoms with Crippen LogP contribution in [0.15, 0.2) is 23.6 Å². The third-order valence-corrected chi connectivity index (χ3v) is 3.10. The number of aryl methyl sites for hydroxylation is 1. The van der Waals surface area contributed by atoms with Crippen molar-refractivity contribution in [3.8, 4) is 0 Å². The maximum atomic E-state index is 12.2. The van der Waals surface area contributed by atoms with Crippen LogP contribution in [-0.4, -0.2) is 42.8 Å². The predicted octanol–water partition coefficient (Wildman–Crippen LogP) is 1.74. The van der Waals surface area contributed by atoms with E-state index in [4.69, 9.17) is 11.6 Å². The Balaban J connectivity index is 1.80. The van der Waals surface area contributed by atoms with Gasteiger partial charge >= 0.3 is 12.0 Å². The number of nitrogens with one attached hydrogen (secondary N) is 1. The molecule has 1 N–H and O–H groups in total. The van der Waals surface area contributed by atoms with Crippen LogP contribution < -0.4 is 5.43 Å². The van der Waals surface area contributed by atoms with Gasteiger partial charge in [0.25, 0.3) is 0 Å². The van der Waals surface area contributed by atoms with E-state index in [1.54, 1.807) is 0 Å².